The van der Waals surface area contributed by atoms with E-state index in [1.165, 1.54) is 44.6 Å². The van der Waals surface area contributed by atoms with Crippen LogP contribution in [-0.4, -0.2) is 44.4 Å². The lowest BCUT2D eigenvalue weighted by Crippen LogP contribution is -3.22. The van der Waals surface area contributed by atoms with Crippen LogP contribution in [0.1, 0.15) is 32.3 Å². The SMILES string of the molecule is C[C@H]1C[NH+](C2CC[NH+](Cc3cccc(Oc4ccccc4)c3)CC2)C[C@H](C)O1. The molecule has 0 unspecified atom stereocenters. The summed E-state index contributed by atoms with van der Waals surface area (Å²) in [5, 5.41) is 0. The number of ether oxygens (including phenoxy) is 2. The summed E-state index contributed by atoms with van der Waals surface area (Å²) in [6.45, 7) is 10.4. The first-order valence-electron chi connectivity index (χ1n) is 10.8. The molecule has 4 nitrogen and oxygen atoms in total. The molecule has 0 aliphatic carbocycles. The summed E-state index contributed by atoms with van der Waals surface area (Å²) >= 11 is 0. The van der Waals surface area contributed by atoms with Crippen molar-refractivity contribution in [2.75, 3.05) is 26.2 Å². The van der Waals surface area contributed by atoms with Crippen LogP contribution in [-0.2, 0) is 11.3 Å². The van der Waals surface area contributed by atoms with Gasteiger partial charge in [0.2, 0.25) is 0 Å². The molecule has 2 saturated heterocycles. The molecule has 2 N–H and O–H groups in total. The van der Waals surface area contributed by atoms with Gasteiger partial charge in [0.1, 0.15) is 43.3 Å². The van der Waals surface area contributed by atoms with Crippen LogP contribution in [0.4, 0.5) is 0 Å². The second-order valence-corrected chi connectivity index (χ2v) is 8.59. The second kappa shape index (κ2) is 9.08. The molecule has 0 saturated carbocycles. The van der Waals surface area contributed by atoms with E-state index in [2.05, 4.69) is 32.0 Å². The Bertz CT molecular complexity index is 733. The van der Waals surface area contributed by atoms with Crippen LogP contribution in [0, 0.1) is 0 Å². The highest BCUT2D eigenvalue weighted by Gasteiger charge is 2.35. The Balaban J connectivity index is 1.29. The van der Waals surface area contributed by atoms with Gasteiger partial charge in [0.15, 0.2) is 0 Å². The van der Waals surface area contributed by atoms with Crippen molar-refractivity contribution in [3.8, 4) is 11.5 Å². The largest absolute Gasteiger partial charge is 0.457 e. The number of para-hydroxylation sites is 1. The second-order valence-electron chi connectivity index (χ2n) is 8.59. The zero-order valence-corrected chi connectivity index (χ0v) is 17.2. The van der Waals surface area contributed by atoms with E-state index < -0.39 is 0 Å². The predicted molar refractivity (Wildman–Crippen MR) is 111 cm³/mol. The summed E-state index contributed by atoms with van der Waals surface area (Å²) in [4.78, 5) is 3.46. The number of piperidine rings is 1. The lowest BCUT2D eigenvalue weighted by atomic mass is 10.0. The third-order valence-corrected chi connectivity index (χ3v) is 6.17. The number of likely N-dealkylation sites (tertiary alicyclic amines) is 1. The fraction of sp³-hybridized carbons (Fsp3) is 0.500. The molecule has 0 bridgehead atoms. The first-order chi connectivity index (χ1) is 13.7. The third-order valence-electron chi connectivity index (χ3n) is 6.17. The fourth-order valence-corrected chi connectivity index (χ4v) is 4.89. The molecular formula is C24H34N2O2+2. The average molecular weight is 383 g/mol. The van der Waals surface area contributed by atoms with Crippen LogP contribution in [0.3, 0.4) is 0 Å². The molecule has 2 atom stereocenters. The Kier molecular flexibility index (Phi) is 6.30. The molecular weight excluding hydrogens is 348 g/mol. The van der Waals surface area contributed by atoms with Gasteiger partial charge in [0, 0.05) is 18.4 Å². The van der Waals surface area contributed by atoms with Gasteiger partial charge in [-0.1, -0.05) is 30.3 Å². The van der Waals surface area contributed by atoms with E-state index in [-0.39, 0.29) is 0 Å². The molecule has 0 amide bonds. The molecule has 2 aromatic rings. The minimum absolute atomic E-state index is 0.400. The first kappa shape index (κ1) is 19.4. The Hall–Kier alpha value is -1.88. The zero-order valence-electron chi connectivity index (χ0n) is 17.2. The number of morpholine rings is 1. The summed E-state index contributed by atoms with van der Waals surface area (Å²) < 4.78 is 11.9. The number of rotatable bonds is 5. The average Bonchev–Trinajstić information content (AvgIpc) is 2.69. The maximum atomic E-state index is 6.00. The normalized spacial score (nSPS) is 30.7. The minimum atomic E-state index is 0.400. The van der Waals surface area contributed by atoms with E-state index >= 15 is 0 Å². The highest BCUT2D eigenvalue weighted by atomic mass is 16.5. The topological polar surface area (TPSA) is 27.3 Å². The van der Waals surface area contributed by atoms with E-state index in [0.29, 0.717) is 12.2 Å². The van der Waals surface area contributed by atoms with Gasteiger partial charge >= 0.3 is 0 Å². The molecule has 150 valence electrons. The van der Waals surface area contributed by atoms with Gasteiger partial charge in [0.05, 0.1) is 19.1 Å². The monoisotopic (exact) mass is 382 g/mol. The van der Waals surface area contributed by atoms with Crippen LogP contribution in [0.5, 0.6) is 11.5 Å². The third kappa shape index (κ3) is 5.13. The number of benzene rings is 2. The molecule has 2 heterocycles. The maximum Gasteiger partial charge on any atom is 0.127 e. The molecule has 0 spiro atoms. The van der Waals surface area contributed by atoms with Crippen molar-refractivity contribution < 1.29 is 19.3 Å². The Morgan fingerprint density at radius 1 is 0.893 bits per heavy atom. The molecule has 4 heteroatoms. The van der Waals surface area contributed by atoms with Gasteiger partial charge in [-0.25, -0.2) is 0 Å². The summed E-state index contributed by atoms with van der Waals surface area (Å²) in [7, 11) is 0. The number of hydrogen-bond acceptors (Lipinski definition) is 2. The van der Waals surface area contributed by atoms with Crippen molar-refractivity contribution in [3.05, 3.63) is 60.2 Å². The van der Waals surface area contributed by atoms with Gasteiger partial charge in [-0.2, -0.15) is 0 Å². The lowest BCUT2D eigenvalue weighted by Gasteiger charge is -2.39. The Morgan fingerprint density at radius 2 is 1.57 bits per heavy atom. The zero-order chi connectivity index (χ0) is 19.3. The summed E-state index contributed by atoms with van der Waals surface area (Å²) in [6, 6.07) is 19.4. The highest BCUT2D eigenvalue weighted by Crippen LogP contribution is 2.21. The molecule has 4 rings (SSSR count). The van der Waals surface area contributed by atoms with Gasteiger partial charge in [0.25, 0.3) is 0 Å². The van der Waals surface area contributed by atoms with Gasteiger partial charge in [-0.3, -0.25) is 0 Å². The molecule has 2 fully saturated rings. The van der Waals surface area contributed by atoms with Crippen molar-refractivity contribution in [1.29, 1.82) is 0 Å². The van der Waals surface area contributed by atoms with Crippen LogP contribution in [0.2, 0.25) is 0 Å². The van der Waals surface area contributed by atoms with Crippen molar-refractivity contribution in [2.45, 2.75) is 51.5 Å². The summed E-state index contributed by atoms with van der Waals surface area (Å²) in [5.74, 6) is 1.82. The summed E-state index contributed by atoms with van der Waals surface area (Å²) in [5.41, 5.74) is 1.36. The molecule has 28 heavy (non-hydrogen) atoms. The fourth-order valence-electron chi connectivity index (χ4n) is 4.89. The van der Waals surface area contributed by atoms with Crippen molar-refractivity contribution in [3.63, 3.8) is 0 Å². The van der Waals surface area contributed by atoms with Crippen LogP contribution in [0.15, 0.2) is 54.6 Å². The maximum absolute atomic E-state index is 6.00. The van der Waals surface area contributed by atoms with Gasteiger partial charge in [-0.15, -0.1) is 0 Å². The first-order valence-corrected chi connectivity index (χ1v) is 10.8. The van der Waals surface area contributed by atoms with Crippen molar-refractivity contribution >= 4 is 0 Å². The van der Waals surface area contributed by atoms with Crippen LogP contribution < -0.4 is 14.5 Å². The van der Waals surface area contributed by atoms with E-state index in [9.17, 15) is 0 Å². The number of quaternary nitrogens is 2. The Labute approximate surface area is 169 Å². The quantitative estimate of drug-likeness (QED) is 0.824. The predicted octanol–water partition coefficient (Wildman–Crippen LogP) is 1.72. The molecule has 2 aromatic carbocycles. The van der Waals surface area contributed by atoms with Gasteiger partial charge < -0.3 is 19.3 Å². The van der Waals surface area contributed by atoms with Gasteiger partial charge in [-0.05, 0) is 38.1 Å². The molecule has 0 radical (unpaired) electrons. The van der Waals surface area contributed by atoms with Crippen LogP contribution in [0.25, 0.3) is 0 Å². The lowest BCUT2D eigenvalue weighted by molar-refractivity contribution is -0.970. The molecule has 2 aliphatic heterocycles. The standard InChI is InChI=1S/C24H32N2O2/c1-19-16-26(17-20(2)27-19)22-11-13-25(14-12-22)18-21-7-6-10-24(15-21)28-23-8-4-3-5-9-23/h3-10,15,19-20,22H,11-14,16-18H2,1-2H3/p+2/t19-,20-/m0/s1. The van der Waals surface area contributed by atoms with E-state index in [0.717, 1.165) is 24.1 Å². The number of nitrogens with one attached hydrogen (secondary N) is 2. The van der Waals surface area contributed by atoms with E-state index in [1.807, 2.05) is 36.4 Å². The number of hydrogen-bond donors (Lipinski definition) is 2. The summed E-state index contributed by atoms with van der Waals surface area (Å²) in [6.07, 6.45) is 3.45. The van der Waals surface area contributed by atoms with Crippen molar-refractivity contribution in [1.82, 2.24) is 0 Å². The smallest absolute Gasteiger partial charge is 0.127 e. The molecule has 0 aromatic heterocycles. The minimum Gasteiger partial charge on any atom is -0.457 e. The molecule has 2 aliphatic rings. The van der Waals surface area contributed by atoms with Crippen molar-refractivity contribution in [2.24, 2.45) is 0 Å². The Morgan fingerprint density at radius 3 is 2.29 bits per heavy atom. The van der Waals surface area contributed by atoms with E-state index in [4.69, 9.17) is 9.47 Å². The highest BCUT2D eigenvalue weighted by molar-refractivity contribution is 5.33. The van der Waals surface area contributed by atoms with Crippen LogP contribution >= 0.6 is 0 Å². The van der Waals surface area contributed by atoms with E-state index in [1.54, 1.807) is 9.80 Å².